The molecule has 0 bridgehead atoms. The van der Waals surface area contributed by atoms with Gasteiger partial charge in [-0.05, 0) is 30.0 Å². The Labute approximate surface area is 74.4 Å². The summed E-state index contributed by atoms with van der Waals surface area (Å²) in [6, 6.07) is 8.29. The maximum absolute atomic E-state index is 5.08. The molecule has 0 N–H and O–H groups in total. The van der Waals surface area contributed by atoms with Crippen LogP contribution in [0.3, 0.4) is 0 Å². The molecule has 1 heteroatoms. The average Bonchev–Trinajstić information content (AvgIpc) is 2.17. The first-order valence-electron chi connectivity index (χ1n) is 4.42. The molecule has 0 radical (unpaired) electrons. The molecule has 1 unspecified atom stereocenters. The van der Waals surface area contributed by atoms with Crippen molar-refractivity contribution in [3.05, 3.63) is 29.8 Å². The molecule has 0 spiro atoms. The van der Waals surface area contributed by atoms with E-state index in [9.17, 15) is 0 Å². The average molecular weight is 164 g/mol. The van der Waals surface area contributed by atoms with Crippen LogP contribution in [0.4, 0.5) is 0 Å². The SMILES string of the molecule is CCC(C)c1ccc(OC)cc1. The topological polar surface area (TPSA) is 9.23 Å². The summed E-state index contributed by atoms with van der Waals surface area (Å²) < 4.78 is 5.08. The van der Waals surface area contributed by atoms with E-state index in [2.05, 4.69) is 26.0 Å². The molecular weight excluding hydrogens is 148 g/mol. The van der Waals surface area contributed by atoms with Gasteiger partial charge in [0.15, 0.2) is 0 Å². The summed E-state index contributed by atoms with van der Waals surface area (Å²) in [6.07, 6.45) is 1.19. The standard InChI is InChI=1S/C11H16O/c1-4-9(2)10-5-7-11(12-3)8-6-10/h5-9H,4H2,1-3H3. The van der Waals surface area contributed by atoms with E-state index < -0.39 is 0 Å². The maximum Gasteiger partial charge on any atom is 0.118 e. The van der Waals surface area contributed by atoms with Crippen LogP contribution in [0.1, 0.15) is 31.7 Å². The van der Waals surface area contributed by atoms with Crippen LogP contribution in [0.15, 0.2) is 24.3 Å². The molecule has 0 saturated carbocycles. The Bertz CT molecular complexity index is 225. The largest absolute Gasteiger partial charge is 0.497 e. The number of benzene rings is 1. The highest BCUT2D eigenvalue weighted by Crippen LogP contribution is 2.20. The van der Waals surface area contributed by atoms with Gasteiger partial charge in [-0.15, -0.1) is 0 Å². The Morgan fingerprint density at radius 2 is 1.83 bits per heavy atom. The van der Waals surface area contributed by atoms with E-state index >= 15 is 0 Å². The first-order valence-corrected chi connectivity index (χ1v) is 4.42. The second kappa shape index (κ2) is 4.15. The molecule has 66 valence electrons. The van der Waals surface area contributed by atoms with E-state index in [4.69, 9.17) is 4.74 Å². The fourth-order valence-electron chi connectivity index (χ4n) is 1.17. The number of hydrogen-bond donors (Lipinski definition) is 0. The number of ether oxygens (including phenoxy) is 1. The summed E-state index contributed by atoms with van der Waals surface area (Å²) in [6.45, 7) is 4.44. The zero-order valence-corrected chi connectivity index (χ0v) is 8.00. The number of rotatable bonds is 3. The summed E-state index contributed by atoms with van der Waals surface area (Å²) in [5.74, 6) is 1.58. The number of methoxy groups -OCH3 is 1. The second-order valence-corrected chi connectivity index (χ2v) is 3.08. The molecule has 1 nitrogen and oxygen atoms in total. The summed E-state index contributed by atoms with van der Waals surface area (Å²) in [7, 11) is 1.69. The van der Waals surface area contributed by atoms with Crippen molar-refractivity contribution in [1.29, 1.82) is 0 Å². The minimum absolute atomic E-state index is 0.649. The smallest absolute Gasteiger partial charge is 0.118 e. The third-order valence-corrected chi connectivity index (χ3v) is 2.30. The van der Waals surface area contributed by atoms with Crippen molar-refractivity contribution in [2.45, 2.75) is 26.2 Å². The minimum Gasteiger partial charge on any atom is -0.497 e. The Kier molecular flexibility index (Phi) is 3.15. The Balaban J connectivity index is 2.77. The van der Waals surface area contributed by atoms with Gasteiger partial charge in [0, 0.05) is 0 Å². The van der Waals surface area contributed by atoms with Gasteiger partial charge in [-0.25, -0.2) is 0 Å². The molecule has 1 atom stereocenters. The highest BCUT2D eigenvalue weighted by molar-refractivity contribution is 5.28. The van der Waals surface area contributed by atoms with Crippen molar-refractivity contribution < 1.29 is 4.74 Å². The van der Waals surface area contributed by atoms with Crippen molar-refractivity contribution in [2.24, 2.45) is 0 Å². The molecule has 0 fully saturated rings. The van der Waals surface area contributed by atoms with E-state index in [1.807, 2.05) is 12.1 Å². The van der Waals surface area contributed by atoms with Crippen LogP contribution >= 0.6 is 0 Å². The zero-order valence-electron chi connectivity index (χ0n) is 8.00. The van der Waals surface area contributed by atoms with Gasteiger partial charge in [0.1, 0.15) is 5.75 Å². The summed E-state index contributed by atoms with van der Waals surface area (Å²) in [5.41, 5.74) is 1.39. The highest BCUT2D eigenvalue weighted by atomic mass is 16.5. The predicted octanol–water partition coefficient (Wildman–Crippen LogP) is 3.21. The van der Waals surface area contributed by atoms with Gasteiger partial charge in [-0.2, -0.15) is 0 Å². The molecule has 1 aromatic rings. The lowest BCUT2D eigenvalue weighted by atomic mass is 9.99. The first kappa shape index (κ1) is 9.11. The lowest BCUT2D eigenvalue weighted by Gasteiger charge is -2.08. The molecule has 1 aromatic carbocycles. The highest BCUT2D eigenvalue weighted by Gasteiger charge is 2.01. The monoisotopic (exact) mass is 164 g/mol. The molecular formula is C11H16O. The van der Waals surface area contributed by atoms with Gasteiger partial charge in [0.05, 0.1) is 7.11 Å². The van der Waals surface area contributed by atoms with Crippen LogP contribution in [-0.2, 0) is 0 Å². The van der Waals surface area contributed by atoms with E-state index in [0.717, 1.165) is 5.75 Å². The summed E-state index contributed by atoms with van der Waals surface area (Å²) in [4.78, 5) is 0. The molecule has 0 saturated heterocycles. The van der Waals surface area contributed by atoms with Crippen molar-refractivity contribution in [2.75, 3.05) is 7.11 Å². The first-order chi connectivity index (χ1) is 5.77. The second-order valence-electron chi connectivity index (χ2n) is 3.08. The van der Waals surface area contributed by atoms with Crippen molar-refractivity contribution in [3.63, 3.8) is 0 Å². The van der Waals surface area contributed by atoms with Crippen molar-refractivity contribution >= 4 is 0 Å². The Morgan fingerprint density at radius 3 is 2.25 bits per heavy atom. The normalized spacial score (nSPS) is 12.6. The lowest BCUT2D eigenvalue weighted by molar-refractivity contribution is 0.414. The molecule has 0 aliphatic rings. The molecule has 0 heterocycles. The van der Waals surface area contributed by atoms with Crippen LogP contribution in [0.2, 0.25) is 0 Å². The predicted molar refractivity (Wildman–Crippen MR) is 51.7 cm³/mol. The van der Waals surface area contributed by atoms with E-state index in [1.165, 1.54) is 12.0 Å². The summed E-state index contributed by atoms with van der Waals surface area (Å²) in [5, 5.41) is 0. The van der Waals surface area contributed by atoms with Gasteiger partial charge in [-0.3, -0.25) is 0 Å². The van der Waals surface area contributed by atoms with Crippen LogP contribution < -0.4 is 4.74 Å². The maximum atomic E-state index is 5.08. The van der Waals surface area contributed by atoms with E-state index in [0.29, 0.717) is 5.92 Å². The molecule has 0 aliphatic carbocycles. The molecule has 0 aromatic heterocycles. The summed E-state index contributed by atoms with van der Waals surface area (Å²) >= 11 is 0. The van der Waals surface area contributed by atoms with Gasteiger partial charge in [0.25, 0.3) is 0 Å². The van der Waals surface area contributed by atoms with Crippen LogP contribution in [0.25, 0.3) is 0 Å². The molecule has 0 amide bonds. The number of hydrogen-bond acceptors (Lipinski definition) is 1. The van der Waals surface area contributed by atoms with Crippen molar-refractivity contribution in [1.82, 2.24) is 0 Å². The van der Waals surface area contributed by atoms with E-state index in [1.54, 1.807) is 7.11 Å². The van der Waals surface area contributed by atoms with Gasteiger partial charge < -0.3 is 4.74 Å². The minimum atomic E-state index is 0.649. The third-order valence-electron chi connectivity index (χ3n) is 2.30. The molecule has 12 heavy (non-hydrogen) atoms. The van der Waals surface area contributed by atoms with Crippen LogP contribution in [-0.4, -0.2) is 7.11 Å². The zero-order chi connectivity index (χ0) is 8.97. The fourth-order valence-corrected chi connectivity index (χ4v) is 1.17. The molecule has 0 aliphatic heterocycles. The lowest BCUT2D eigenvalue weighted by Crippen LogP contribution is -1.90. The molecule has 1 rings (SSSR count). The van der Waals surface area contributed by atoms with Gasteiger partial charge in [0.2, 0.25) is 0 Å². The third kappa shape index (κ3) is 2.00. The Morgan fingerprint density at radius 1 is 1.25 bits per heavy atom. The van der Waals surface area contributed by atoms with Gasteiger partial charge in [-0.1, -0.05) is 26.0 Å². The van der Waals surface area contributed by atoms with Crippen LogP contribution in [0, 0.1) is 0 Å². The Hall–Kier alpha value is -0.980. The van der Waals surface area contributed by atoms with Gasteiger partial charge >= 0.3 is 0 Å². The van der Waals surface area contributed by atoms with E-state index in [-0.39, 0.29) is 0 Å². The van der Waals surface area contributed by atoms with Crippen LogP contribution in [0.5, 0.6) is 5.75 Å². The quantitative estimate of drug-likeness (QED) is 0.666. The fraction of sp³-hybridized carbons (Fsp3) is 0.455. The van der Waals surface area contributed by atoms with Crippen molar-refractivity contribution in [3.8, 4) is 5.75 Å².